The molecule has 1 spiro atoms. The van der Waals surface area contributed by atoms with Crippen LogP contribution in [0, 0.1) is 5.82 Å². The van der Waals surface area contributed by atoms with Crippen molar-refractivity contribution in [1.82, 2.24) is 0 Å². The van der Waals surface area contributed by atoms with Crippen LogP contribution in [0.25, 0.3) is 0 Å². The Morgan fingerprint density at radius 1 is 1.39 bits per heavy atom. The van der Waals surface area contributed by atoms with Crippen molar-refractivity contribution in [3.05, 3.63) is 29.1 Å². The molecule has 1 saturated carbocycles. The van der Waals surface area contributed by atoms with Gasteiger partial charge in [-0.1, -0.05) is 12.4 Å². The number of hydrogen-bond donors (Lipinski definition) is 3. The summed E-state index contributed by atoms with van der Waals surface area (Å²) in [6, 6.07) is 2.55. The minimum absolute atomic E-state index is 0.0324. The molecule has 0 bridgehead atoms. The van der Waals surface area contributed by atoms with E-state index in [9.17, 15) is 19.2 Å². The molecule has 1 fully saturated rings. The van der Waals surface area contributed by atoms with Gasteiger partial charge >= 0.3 is 12.7 Å². The highest BCUT2D eigenvalue weighted by molar-refractivity contribution is 6.59. The van der Waals surface area contributed by atoms with Gasteiger partial charge in [0.15, 0.2) is 0 Å². The zero-order chi connectivity index (χ0) is 13.1. The van der Waals surface area contributed by atoms with E-state index in [0.29, 0.717) is 5.56 Å². The van der Waals surface area contributed by atoms with Crippen LogP contribution in [0.3, 0.4) is 0 Å². The lowest BCUT2D eigenvalue weighted by atomic mass is 9.63. The van der Waals surface area contributed by atoms with E-state index in [-0.39, 0.29) is 12.1 Å². The van der Waals surface area contributed by atoms with Gasteiger partial charge < -0.3 is 19.8 Å². The molecule has 0 unspecified atom stereocenters. The predicted molar refractivity (Wildman–Crippen MR) is 59.9 cm³/mol. The number of carbonyl (C=O) groups is 1. The van der Waals surface area contributed by atoms with Gasteiger partial charge in [0.25, 0.3) is 0 Å². The number of benzene rings is 1. The van der Waals surface area contributed by atoms with Crippen molar-refractivity contribution in [3.63, 3.8) is 0 Å². The molecule has 1 aromatic rings. The quantitative estimate of drug-likeness (QED) is 0.646. The molecule has 0 amide bonds. The normalized spacial score (nSPS) is 22.2. The third-order valence-corrected chi connectivity index (χ3v) is 3.71. The first-order valence-electron chi connectivity index (χ1n) is 5.70. The Kier molecular flexibility index (Phi) is 2.07. The van der Waals surface area contributed by atoms with E-state index in [4.69, 9.17) is 9.76 Å². The maximum Gasteiger partial charge on any atom is 0.431 e. The van der Waals surface area contributed by atoms with Crippen LogP contribution in [0.1, 0.15) is 28.8 Å². The van der Waals surface area contributed by atoms with Crippen LogP contribution in [0.4, 0.5) is 4.39 Å². The summed E-state index contributed by atoms with van der Waals surface area (Å²) in [5, 5.41) is 28.4. The summed E-state index contributed by atoms with van der Waals surface area (Å²) in [5.41, 5.74) is -0.538. The van der Waals surface area contributed by atoms with Crippen LogP contribution in [-0.4, -0.2) is 27.9 Å². The Morgan fingerprint density at radius 2 is 2.06 bits per heavy atom. The first kappa shape index (κ1) is 11.5. The van der Waals surface area contributed by atoms with Gasteiger partial charge in [0.1, 0.15) is 11.4 Å². The summed E-state index contributed by atoms with van der Waals surface area (Å²) in [4.78, 5) is 11.1. The Hall–Kier alpha value is -1.60. The van der Waals surface area contributed by atoms with E-state index in [1.165, 1.54) is 6.07 Å². The molecule has 1 aliphatic carbocycles. The third-order valence-electron chi connectivity index (χ3n) is 3.71. The maximum absolute atomic E-state index is 13.5. The number of carboxylic acids is 1. The van der Waals surface area contributed by atoms with Gasteiger partial charge in [0, 0.05) is 0 Å². The van der Waals surface area contributed by atoms with E-state index in [2.05, 4.69) is 0 Å². The van der Waals surface area contributed by atoms with Crippen molar-refractivity contribution in [3.8, 4) is 5.75 Å². The smallest absolute Gasteiger partial charge is 0.431 e. The minimum Gasteiger partial charge on any atom is -0.669 e. The SMILES string of the molecule is O=C(O)c1c(F)ccc2c1O[B-](O)(O)CC21CC1. The van der Waals surface area contributed by atoms with Gasteiger partial charge in [-0.3, -0.25) is 0 Å². The number of rotatable bonds is 1. The van der Waals surface area contributed by atoms with Gasteiger partial charge in [-0.2, -0.15) is 0 Å². The van der Waals surface area contributed by atoms with E-state index in [1.807, 2.05) is 0 Å². The standard InChI is InChI=1S/C11H11BFO5/c13-7-2-1-6-9(8(7)10(14)15)18-12(16,17)5-11(6)3-4-11/h1-2,16-17H,3-5H2,(H,14,15)/q-1. The van der Waals surface area contributed by atoms with Crippen molar-refractivity contribution in [2.45, 2.75) is 24.6 Å². The summed E-state index contributed by atoms with van der Waals surface area (Å²) < 4.78 is 18.5. The number of fused-ring (bicyclic) bond motifs is 2. The van der Waals surface area contributed by atoms with Crippen molar-refractivity contribution in [1.29, 1.82) is 0 Å². The molecule has 0 radical (unpaired) electrons. The second-order valence-corrected chi connectivity index (χ2v) is 5.06. The fourth-order valence-corrected chi connectivity index (χ4v) is 2.77. The summed E-state index contributed by atoms with van der Waals surface area (Å²) in [6.45, 7) is -3.12. The first-order valence-corrected chi connectivity index (χ1v) is 5.70. The van der Waals surface area contributed by atoms with Crippen LogP contribution < -0.4 is 4.65 Å². The largest absolute Gasteiger partial charge is 0.669 e. The van der Waals surface area contributed by atoms with Crippen LogP contribution in [0.5, 0.6) is 5.75 Å². The molecule has 2 aliphatic rings. The van der Waals surface area contributed by atoms with E-state index >= 15 is 0 Å². The Balaban J connectivity index is 2.25. The van der Waals surface area contributed by atoms with E-state index in [1.54, 1.807) is 0 Å². The van der Waals surface area contributed by atoms with Gasteiger partial charge in [-0.05, 0) is 29.9 Å². The molecular formula is C11H11BFO5-. The number of hydrogen-bond acceptors (Lipinski definition) is 4. The van der Waals surface area contributed by atoms with Gasteiger partial charge in [-0.15, -0.1) is 0 Å². The molecular weight excluding hydrogens is 242 g/mol. The summed E-state index contributed by atoms with van der Waals surface area (Å²) in [5.74, 6) is -2.66. The molecule has 5 nitrogen and oxygen atoms in total. The second-order valence-electron chi connectivity index (χ2n) is 5.06. The zero-order valence-electron chi connectivity index (χ0n) is 9.39. The summed E-state index contributed by atoms with van der Waals surface area (Å²) >= 11 is 0. The van der Waals surface area contributed by atoms with Crippen LogP contribution in [-0.2, 0) is 5.41 Å². The second kappa shape index (κ2) is 3.24. The number of aromatic carboxylic acids is 1. The lowest BCUT2D eigenvalue weighted by molar-refractivity contribution is 0.0687. The number of carboxylic acid groups (broad SMARTS) is 1. The first-order chi connectivity index (χ1) is 8.35. The molecule has 96 valence electrons. The molecule has 0 saturated heterocycles. The van der Waals surface area contributed by atoms with Crippen molar-refractivity contribution < 1.29 is 29.0 Å². The van der Waals surface area contributed by atoms with E-state index in [0.717, 1.165) is 18.9 Å². The maximum atomic E-state index is 13.5. The Bertz CT molecular complexity index is 553. The highest BCUT2D eigenvalue weighted by Gasteiger charge is 2.53. The molecule has 0 aromatic heterocycles. The minimum atomic E-state index is -3.12. The third kappa shape index (κ3) is 1.51. The molecule has 0 atom stereocenters. The van der Waals surface area contributed by atoms with E-state index < -0.39 is 29.5 Å². The molecule has 18 heavy (non-hydrogen) atoms. The molecule has 7 heteroatoms. The fourth-order valence-electron chi connectivity index (χ4n) is 2.77. The molecule has 1 aliphatic heterocycles. The highest BCUT2D eigenvalue weighted by atomic mass is 19.1. The van der Waals surface area contributed by atoms with Crippen molar-refractivity contribution in [2.75, 3.05) is 0 Å². The van der Waals surface area contributed by atoms with Gasteiger partial charge in [0.05, 0.1) is 5.75 Å². The Labute approximate surface area is 102 Å². The van der Waals surface area contributed by atoms with Gasteiger partial charge in [0.2, 0.25) is 0 Å². The van der Waals surface area contributed by atoms with Crippen molar-refractivity contribution >= 4 is 12.7 Å². The lowest BCUT2D eigenvalue weighted by Crippen LogP contribution is -2.49. The van der Waals surface area contributed by atoms with Crippen LogP contribution in [0.2, 0.25) is 6.32 Å². The summed E-state index contributed by atoms with van der Waals surface area (Å²) in [7, 11) is 0. The van der Waals surface area contributed by atoms with Crippen molar-refractivity contribution in [2.24, 2.45) is 0 Å². The fraction of sp³-hybridized carbons (Fsp3) is 0.364. The number of halogens is 1. The molecule has 1 heterocycles. The van der Waals surface area contributed by atoms with Crippen LogP contribution in [0.15, 0.2) is 12.1 Å². The van der Waals surface area contributed by atoms with Gasteiger partial charge in [-0.25, -0.2) is 9.18 Å². The monoisotopic (exact) mass is 253 g/mol. The highest BCUT2D eigenvalue weighted by Crippen LogP contribution is 2.59. The predicted octanol–water partition coefficient (Wildman–Crippen LogP) is 0.871. The molecule has 3 N–H and O–H groups in total. The average molecular weight is 253 g/mol. The topological polar surface area (TPSA) is 87.0 Å². The zero-order valence-corrected chi connectivity index (χ0v) is 9.39. The molecule has 3 rings (SSSR count). The lowest BCUT2D eigenvalue weighted by Gasteiger charge is -2.42. The summed E-state index contributed by atoms with van der Waals surface area (Å²) in [6.07, 6.45) is 1.47. The average Bonchev–Trinajstić information content (AvgIpc) is 2.94. The molecule has 1 aromatic carbocycles. The Morgan fingerprint density at radius 3 is 2.61 bits per heavy atom. The van der Waals surface area contributed by atoms with Crippen LogP contribution >= 0.6 is 0 Å².